The van der Waals surface area contributed by atoms with Gasteiger partial charge in [-0.1, -0.05) is 0 Å². The molecule has 0 aromatic carbocycles. The van der Waals surface area contributed by atoms with Crippen LogP contribution in [0.1, 0.15) is 6.92 Å². The van der Waals surface area contributed by atoms with E-state index in [0.29, 0.717) is 28.6 Å². The number of anilines is 1. The molecule has 16 heavy (non-hydrogen) atoms. The summed E-state index contributed by atoms with van der Waals surface area (Å²) < 4.78 is 7.42. The molecule has 2 rings (SSSR count). The second kappa shape index (κ2) is 4.48. The highest BCUT2D eigenvalue weighted by atomic mass is 79.9. The quantitative estimate of drug-likeness (QED) is 0.921. The van der Waals surface area contributed by atoms with Gasteiger partial charge in [0, 0.05) is 0 Å². The Labute approximate surface area is 101 Å². The molecular weight excluding hydrogens is 274 g/mol. The van der Waals surface area contributed by atoms with Gasteiger partial charge in [0.05, 0.1) is 25.2 Å². The van der Waals surface area contributed by atoms with Gasteiger partial charge in [-0.15, -0.1) is 0 Å². The van der Waals surface area contributed by atoms with Crippen molar-refractivity contribution in [3.63, 3.8) is 0 Å². The SMILES string of the molecule is CCOc1cnn(-c2nc(Br)cnc2N)c1. The molecule has 0 aliphatic carbocycles. The molecule has 0 amide bonds. The number of hydrogen-bond acceptors (Lipinski definition) is 5. The number of ether oxygens (including phenoxy) is 1. The van der Waals surface area contributed by atoms with Crippen LogP contribution in [0, 0.1) is 0 Å². The molecule has 0 aliphatic rings. The normalized spacial score (nSPS) is 10.4. The second-order valence-corrected chi connectivity index (χ2v) is 3.77. The zero-order chi connectivity index (χ0) is 11.5. The van der Waals surface area contributed by atoms with E-state index in [0.717, 1.165) is 0 Å². The monoisotopic (exact) mass is 283 g/mol. The molecule has 0 bridgehead atoms. The zero-order valence-corrected chi connectivity index (χ0v) is 10.2. The summed E-state index contributed by atoms with van der Waals surface area (Å²) >= 11 is 3.23. The molecule has 0 atom stereocenters. The third-order valence-corrected chi connectivity index (χ3v) is 2.22. The largest absolute Gasteiger partial charge is 0.491 e. The van der Waals surface area contributed by atoms with Crippen LogP contribution in [0.25, 0.3) is 5.82 Å². The van der Waals surface area contributed by atoms with Crippen molar-refractivity contribution >= 4 is 21.7 Å². The van der Waals surface area contributed by atoms with E-state index in [1.807, 2.05) is 6.92 Å². The zero-order valence-electron chi connectivity index (χ0n) is 8.59. The Hall–Kier alpha value is -1.63. The Kier molecular flexibility index (Phi) is 3.04. The van der Waals surface area contributed by atoms with Gasteiger partial charge in [-0.2, -0.15) is 5.10 Å². The summed E-state index contributed by atoms with van der Waals surface area (Å²) in [6, 6.07) is 0. The van der Waals surface area contributed by atoms with Gasteiger partial charge in [0.15, 0.2) is 17.4 Å². The summed E-state index contributed by atoms with van der Waals surface area (Å²) in [5.74, 6) is 1.46. The summed E-state index contributed by atoms with van der Waals surface area (Å²) in [7, 11) is 0. The second-order valence-electron chi connectivity index (χ2n) is 2.96. The minimum atomic E-state index is 0.314. The highest BCUT2D eigenvalue weighted by Crippen LogP contribution is 2.17. The van der Waals surface area contributed by atoms with E-state index in [1.165, 1.54) is 10.9 Å². The van der Waals surface area contributed by atoms with Gasteiger partial charge in [0.25, 0.3) is 0 Å². The predicted molar refractivity (Wildman–Crippen MR) is 62.4 cm³/mol. The van der Waals surface area contributed by atoms with Crippen molar-refractivity contribution in [2.24, 2.45) is 0 Å². The number of nitrogen functional groups attached to an aromatic ring is 1. The maximum atomic E-state index is 5.71. The predicted octanol–water partition coefficient (Wildman–Crippen LogP) is 1.41. The molecule has 0 fully saturated rings. The van der Waals surface area contributed by atoms with Crippen LogP contribution in [-0.4, -0.2) is 26.4 Å². The fraction of sp³-hybridized carbons (Fsp3) is 0.222. The number of nitrogens with zero attached hydrogens (tertiary/aromatic N) is 4. The first kappa shape index (κ1) is 10.9. The van der Waals surface area contributed by atoms with E-state index < -0.39 is 0 Å². The first-order chi connectivity index (χ1) is 7.70. The first-order valence-electron chi connectivity index (χ1n) is 4.66. The Bertz CT molecular complexity index is 498. The third-order valence-electron chi connectivity index (χ3n) is 1.84. The number of halogens is 1. The maximum absolute atomic E-state index is 5.71. The molecule has 0 aliphatic heterocycles. The minimum Gasteiger partial charge on any atom is -0.491 e. The van der Waals surface area contributed by atoms with Gasteiger partial charge in [0.1, 0.15) is 4.60 Å². The molecule has 0 spiro atoms. The molecule has 0 unspecified atom stereocenters. The van der Waals surface area contributed by atoms with Crippen molar-refractivity contribution in [2.75, 3.05) is 12.3 Å². The number of hydrogen-bond donors (Lipinski definition) is 1. The van der Waals surface area contributed by atoms with Crippen LogP contribution in [0.3, 0.4) is 0 Å². The lowest BCUT2D eigenvalue weighted by Crippen LogP contribution is -2.05. The molecule has 0 radical (unpaired) electrons. The van der Waals surface area contributed by atoms with Crippen molar-refractivity contribution in [1.82, 2.24) is 19.7 Å². The van der Waals surface area contributed by atoms with Gasteiger partial charge in [-0.3, -0.25) is 0 Å². The van der Waals surface area contributed by atoms with E-state index in [9.17, 15) is 0 Å². The molecule has 2 heterocycles. The third kappa shape index (κ3) is 2.13. The van der Waals surface area contributed by atoms with Crippen LogP contribution in [-0.2, 0) is 0 Å². The summed E-state index contributed by atoms with van der Waals surface area (Å²) in [5, 5.41) is 4.10. The van der Waals surface area contributed by atoms with Gasteiger partial charge in [-0.05, 0) is 22.9 Å². The van der Waals surface area contributed by atoms with Crippen molar-refractivity contribution in [1.29, 1.82) is 0 Å². The van der Waals surface area contributed by atoms with Crippen LogP contribution in [0.2, 0.25) is 0 Å². The Morgan fingerprint density at radius 3 is 3.06 bits per heavy atom. The van der Waals surface area contributed by atoms with E-state index in [-0.39, 0.29) is 0 Å². The lowest BCUT2D eigenvalue weighted by molar-refractivity contribution is 0.340. The Morgan fingerprint density at radius 2 is 2.31 bits per heavy atom. The van der Waals surface area contributed by atoms with E-state index in [1.54, 1.807) is 12.4 Å². The van der Waals surface area contributed by atoms with Crippen molar-refractivity contribution in [2.45, 2.75) is 6.92 Å². The maximum Gasteiger partial charge on any atom is 0.197 e. The van der Waals surface area contributed by atoms with Crippen LogP contribution in [0.15, 0.2) is 23.2 Å². The van der Waals surface area contributed by atoms with Crippen molar-refractivity contribution in [3.8, 4) is 11.6 Å². The molecule has 6 nitrogen and oxygen atoms in total. The van der Waals surface area contributed by atoms with Crippen molar-refractivity contribution < 1.29 is 4.74 Å². The molecule has 2 aromatic heterocycles. The summed E-state index contributed by atoms with van der Waals surface area (Å²) in [6.45, 7) is 2.50. The number of nitrogens with two attached hydrogens (primary N) is 1. The number of aromatic nitrogens is 4. The molecule has 0 saturated heterocycles. The molecule has 2 N–H and O–H groups in total. The van der Waals surface area contributed by atoms with Crippen LogP contribution in [0.5, 0.6) is 5.75 Å². The lowest BCUT2D eigenvalue weighted by Gasteiger charge is -2.03. The van der Waals surface area contributed by atoms with E-state index >= 15 is 0 Å². The van der Waals surface area contributed by atoms with Crippen LogP contribution >= 0.6 is 15.9 Å². The average molecular weight is 284 g/mol. The van der Waals surface area contributed by atoms with Gasteiger partial charge in [0.2, 0.25) is 0 Å². The lowest BCUT2D eigenvalue weighted by atomic mass is 10.6. The minimum absolute atomic E-state index is 0.314. The Morgan fingerprint density at radius 1 is 1.50 bits per heavy atom. The summed E-state index contributed by atoms with van der Waals surface area (Å²) in [5.41, 5.74) is 5.71. The van der Waals surface area contributed by atoms with Gasteiger partial charge in [-0.25, -0.2) is 14.6 Å². The summed E-state index contributed by atoms with van der Waals surface area (Å²) in [6.07, 6.45) is 4.84. The number of rotatable bonds is 3. The molecule has 0 saturated carbocycles. The van der Waals surface area contributed by atoms with E-state index in [2.05, 4.69) is 31.0 Å². The first-order valence-corrected chi connectivity index (χ1v) is 5.46. The van der Waals surface area contributed by atoms with E-state index in [4.69, 9.17) is 10.5 Å². The highest BCUT2D eigenvalue weighted by Gasteiger charge is 2.08. The fourth-order valence-corrected chi connectivity index (χ4v) is 1.47. The molecule has 2 aromatic rings. The highest BCUT2D eigenvalue weighted by molar-refractivity contribution is 9.10. The summed E-state index contributed by atoms with van der Waals surface area (Å²) in [4.78, 5) is 8.17. The fourth-order valence-electron chi connectivity index (χ4n) is 1.20. The van der Waals surface area contributed by atoms with Gasteiger partial charge >= 0.3 is 0 Å². The van der Waals surface area contributed by atoms with Crippen LogP contribution in [0.4, 0.5) is 5.82 Å². The average Bonchev–Trinajstić information content (AvgIpc) is 2.71. The molecule has 84 valence electrons. The Balaban J connectivity index is 2.38. The topological polar surface area (TPSA) is 78.8 Å². The molecular formula is C9H10BrN5O. The van der Waals surface area contributed by atoms with Crippen molar-refractivity contribution in [3.05, 3.63) is 23.2 Å². The van der Waals surface area contributed by atoms with Gasteiger partial charge < -0.3 is 10.5 Å². The van der Waals surface area contributed by atoms with Crippen LogP contribution < -0.4 is 10.5 Å². The standard InChI is InChI=1S/C9H10BrN5O/c1-2-16-6-3-13-15(5-6)9-8(11)12-4-7(10)14-9/h3-5H,2H2,1H3,(H2,11,12). The smallest absolute Gasteiger partial charge is 0.197 e. The molecule has 7 heteroatoms.